The summed E-state index contributed by atoms with van der Waals surface area (Å²) in [6, 6.07) is 0. The van der Waals surface area contributed by atoms with Crippen molar-refractivity contribution < 1.29 is 5.11 Å². The molecule has 0 aliphatic heterocycles. The van der Waals surface area contributed by atoms with Crippen LogP contribution in [0.4, 0.5) is 0 Å². The van der Waals surface area contributed by atoms with Gasteiger partial charge in [-0.15, -0.1) is 0 Å². The van der Waals surface area contributed by atoms with Crippen LogP contribution in [0.2, 0.25) is 0 Å². The minimum Gasteiger partial charge on any atom is -0.388 e. The number of nitrogens with zero attached hydrogens (tertiary/aromatic N) is 3. The van der Waals surface area contributed by atoms with E-state index in [4.69, 9.17) is 0 Å². The van der Waals surface area contributed by atoms with Crippen molar-refractivity contribution in [2.24, 2.45) is 7.05 Å². The van der Waals surface area contributed by atoms with E-state index in [-0.39, 0.29) is 0 Å². The Morgan fingerprint density at radius 3 is 3.00 bits per heavy atom. The number of nitrogens with one attached hydrogen (secondary N) is 1. The maximum atomic E-state index is 9.78. The molecule has 1 atom stereocenters. The Kier molecular flexibility index (Phi) is 2.32. The molecule has 0 aliphatic carbocycles. The summed E-state index contributed by atoms with van der Waals surface area (Å²) in [4.78, 5) is 0. The molecule has 0 amide bonds. The highest BCUT2D eigenvalue weighted by molar-refractivity contribution is 5.13. The highest BCUT2D eigenvalue weighted by Gasteiger charge is 2.10. The fraction of sp³-hybridized carbons (Fsp3) is 0.333. The summed E-state index contributed by atoms with van der Waals surface area (Å²) >= 11 is 0. The molecule has 0 spiro atoms. The van der Waals surface area contributed by atoms with E-state index in [1.807, 2.05) is 13.2 Å². The minimum absolute atomic E-state index is 0.516. The van der Waals surface area contributed by atoms with Gasteiger partial charge in [0.2, 0.25) is 0 Å². The average molecular weight is 192 g/mol. The van der Waals surface area contributed by atoms with Crippen molar-refractivity contribution >= 4 is 0 Å². The van der Waals surface area contributed by atoms with Crippen LogP contribution in [0.15, 0.2) is 24.8 Å². The smallest absolute Gasteiger partial charge is 0.0861 e. The molecule has 0 saturated carbocycles. The average Bonchev–Trinajstić information content (AvgIpc) is 2.75. The zero-order chi connectivity index (χ0) is 9.97. The summed E-state index contributed by atoms with van der Waals surface area (Å²) in [7, 11) is 1.85. The Hall–Kier alpha value is -1.62. The molecular formula is C9H12N4O. The number of rotatable bonds is 3. The second-order valence-corrected chi connectivity index (χ2v) is 3.27. The lowest BCUT2D eigenvalue weighted by atomic mass is 10.1. The molecule has 2 heterocycles. The highest BCUT2D eigenvalue weighted by atomic mass is 16.3. The first-order valence-corrected chi connectivity index (χ1v) is 4.40. The van der Waals surface area contributed by atoms with Crippen LogP contribution in [-0.4, -0.2) is 25.1 Å². The van der Waals surface area contributed by atoms with Gasteiger partial charge >= 0.3 is 0 Å². The third-order valence-corrected chi connectivity index (χ3v) is 2.09. The van der Waals surface area contributed by atoms with Crippen LogP contribution in [-0.2, 0) is 13.5 Å². The first-order chi connectivity index (χ1) is 6.75. The molecule has 74 valence electrons. The topological polar surface area (TPSA) is 66.7 Å². The molecular weight excluding hydrogens is 180 g/mol. The van der Waals surface area contributed by atoms with E-state index in [9.17, 15) is 5.11 Å². The summed E-state index contributed by atoms with van der Waals surface area (Å²) in [5, 5.41) is 20.3. The quantitative estimate of drug-likeness (QED) is 0.740. The van der Waals surface area contributed by atoms with Gasteiger partial charge in [0.05, 0.1) is 18.5 Å². The van der Waals surface area contributed by atoms with Gasteiger partial charge in [0.15, 0.2) is 0 Å². The second-order valence-electron chi connectivity index (χ2n) is 3.27. The zero-order valence-electron chi connectivity index (χ0n) is 7.88. The number of aliphatic hydroxyl groups is 1. The Morgan fingerprint density at radius 1 is 1.57 bits per heavy atom. The van der Waals surface area contributed by atoms with Crippen molar-refractivity contribution in [3.63, 3.8) is 0 Å². The molecule has 14 heavy (non-hydrogen) atoms. The number of aromatic amines is 1. The van der Waals surface area contributed by atoms with Crippen molar-refractivity contribution in [2.45, 2.75) is 12.5 Å². The normalized spacial score (nSPS) is 13.0. The summed E-state index contributed by atoms with van der Waals surface area (Å²) in [6.07, 6.45) is 7.01. The van der Waals surface area contributed by atoms with Crippen molar-refractivity contribution in [1.82, 2.24) is 20.0 Å². The van der Waals surface area contributed by atoms with Crippen LogP contribution in [0.3, 0.4) is 0 Å². The Bertz CT molecular complexity index is 393. The molecule has 0 bridgehead atoms. The SMILES string of the molecule is Cn1cc(CC(O)c2cn[nH]c2)cn1. The molecule has 0 aromatic carbocycles. The van der Waals surface area contributed by atoms with E-state index < -0.39 is 6.10 Å². The van der Waals surface area contributed by atoms with Gasteiger partial charge in [-0.2, -0.15) is 10.2 Å². The number of aliphatic hydroxyl groups excluding tert-OH is 1. The van der Waals surface area contributed by atoms with E-state index in [2.05, 4.69) is 15.3 Å². The van der Waals surface area contributed by atoms with Crippen molar-refractivity contribution in [2.75, 3.05) is 0 Å². The van der Waals surface area contributed by atoms with E-state index in [0.29, 0.717) is 6.42 Å². The lowest BCUT2D eigenvalue weighted by Crippen LogP contribution is -1.99. The fourth-order valence-corrected chi connectivity index (χ4v) is 1.36. The van der Waals surface area contributed by atoms with E-state index >= 15 is 0 Å². The standard InChI is InChI=1S/C9H12N4O/c1-13-6-7(3-12-13)2-9(14)8-4-10-11-5-8/h3-6,9,14H,2H2,1H3,(H,10,11). The number of H-pyrrole nitrogens is 1. The summed E-state index contributed by atoms with van der Waals surface area (Å²) < 4.78 is 1.72. The summed E-state index contributed by atoms with van der Waals surface area (Å²) in [5.74, 6) is 0. The predicted molar refractivity (Wildman–Crippen MR) is 50.5 cm³/mol. The van der Waals surface area contributed by atoms with Crippen LogP contribution in [0, 0.1) is 0 Å². The molecule has 0 saturated heterocycles. The Morgan fingerprint density at radius 2 is 2.43 bits per heavy atom. The van der Waals surface area contributed by atoms with Crippen molar-refractivity contribution in [1.29, 1.82) is 0 Å². The Labute approximate surface area is 81.4 Å². The van der Waals surface area contributed by atoms with Gasteiger partial charge < -0.3 is 5.11 Å². The maximum Gasteiger partial charge on any atom is 0.0861 e. The fourth-order valence-electron chi connectivity index (χ4n) is 1.36. The molecule has 1 unspecified atom stereocenters. The number of aryl methyl sites for hydroxylation is 1. The molecule has 2 aromatic heterocycles. The Balaban J connectivity index is 2.05. The van der Waals surface area contributed by atoms with Gasteiger partial charge in [0.25, 0.3) is 0 Å². The second kappa shape index (κ2) is 3.63. The monoisotopic (exact) mass is 192 g/mol. The molecule has 2 rings (SSSR count). The molecule has 0 radical (unpaired) electrons. The number of aromatic nitrogens is 4. The molecule has 0 fully saturated rings. The zero-order valence-corrected chi connectivity index (χ0v) is 7.88. The minimum atomic E-state index is -0.516. The van der Waals surface area contributed by atoms with Gasteiger partial charge in [0, 0.05) is 31.4 Å². The van der Waals surface area contributed by atoms with Crippen LogP contribution < -0.4 is 0 Å². The predicted octanol–water partition coefficient (Wildman–Crippen LogP) is 0.419. The van der Waals surface area contributed by atoms with Crippen molar-refractivity contribution in [3.05, 3.63) is 35.9 Å². The molecule has 5 heteroatoms. The van der Waals surface area contributed by atoms with Crippen LogP contribution in [0.1, 0.15) is 17.2 Å². The first kappa shape index (κ1) is 8.96. The van der Waals surface area contributed by atoms with E-state index in [1.54, 1.807) is 23.3 Å². The van der Waals surface area contributed by atoms with E-state index in [1.165, 1.54) is 0 Å². The highest BCUT2D eigenvalue weighted by Crippen LogP contribution is 2.15. The molecule has 2 aromatic rings. The van der Waals surface area contributed by atoms with Crippen LogP contribution >= 0.6 is 0 Å². The lowest BCUT2D eigenvalue weighted by Gasteiger charge is -2.05. The third-order valence-electron chi connectivity index (χ3n) is 2.09. The lowest BCUT2D eigenvalue weighted by molar-refractivity contribution is 0.178. The van der Waals surface area contributed by atoms with Gasteiger partial charge in [-0.3, -0.25) is 9.78 Å². The van der Waals surface area contributed by atoms with E-state index in [0.717, 1.165) is 11.1 Å². The van der Waals surface area contributed by atoms with Gasteiger partial charge in [-0.25, -0.2) is 0 Å². The third kappa shape index (κ3) is 1.82. The van der Waals surface area contributed by atoms with Gasteiger partial charge in [0.1, 0.15) is 0 Å². The van der Waals surface area contributed by atoms with Gasteiger partial charge in [-0.1, -0.05) is 0 Å². The molecule has 2 N–H and O–H groups in total. The first-order valence-electron chi connectivity index (χ1n) is 4.40. The molecule has 0 aliphatic rings. The number of hydrogen-bond donors (Lipinski definition) is 2. The largest absolute Gasteiger partial charge is 0.388 e. The summed E-state index contributed by atoms with van der Waals surface area (Å²) in [5.41, 5.74) is 1.81. The van der Waals surface area contributed by atoms with Crippen LogP contribution in [0.5, 0.6) is 0 Å². The maximum absolute atomic E-state index is 9.78. The molecule has 5 nitrogen and oxygen atoms in total. The summed E-state index contributed by atoms with van der Waals surface area (Å²) in [6.45, 7) is 0. The van der Waals surface area contributed by atoms with Crippen molar-refractivity contribution in [3.8, 4) is 0 Å². The number of hydrogen-bond acceptors (Lipinski definition) is 3. The van der Waals surface area contributed by atoms with Gasteiger partial charge in [-0.05, 0) is 5.56 Å². The van der Waals surface area contributed by atoms with Crippen LogP contribution in [0.25, 0.3) is 0 Å².